The van der Waals surface area contributed by atoms with Gasteiger partial charge < -0.3 is 0 Å². The van der Waals surface area contributed by atoms with Gasteiger partial charge in [0.15, 0.2) is 0 Å². The van der Waals surface area contributed by atoms with E-state index in [0.717, 1.165) is 33.4 Å². The van der Waals surface area contributed by atoms with E-state index in [1.54, 1.807) is 12.1 Å². The maximum Gasteiger partial charge on any atom is 0.123 e. The average Bonchev–Trinajstić information content (AvgIpc) is 2.74. The van der Waals surface area contributed by atoms with Crippen LogP contribution >= 0.6 is 0 Å². The lowest BCUT2D eigenvalue weighted by Gasteiger charge is -2.15. The Balaban J connectivity index is 1.56. The third-order valence-electron chi connectivity index (χ3n) is 5.82. The zero-order chi connectivity index (χ0) is 21.3. The van der Waals surface area contributed by atoms with Crippen LogP contribution in [0.5, 0.6) is 0 Å². The van der Waals surface area contributed by atoms with Crippen molar-refractivity contribution >= 4 is 0 Å². The molecule has 0 atom stereocenters. The lowest BCUT2D eigenvalue weighted by atomic mass is 9.90. The van der Waals surface area contributed by atoms with Crippen LogP contribution < -0.4 is 0 Å². The van der Waals surface area contributed by atoms with Crippen molar-refractivity contribution in [3.05, 3.63) is 119 Å². The summed E-state index contributed by atoms with van der Waals surface area (Å²) in [6.45, 7) is 6.05. The van der Waals surface area contributed by atoms with Gasteiger partial charge in [0.05, 0.1) is 0 Å². The molecule has 0 aromatic heterocycles. The fourth-order valence-electron chi connectivity index (χ4n) is 4.00. The quantitative estimate of drug-likeness (QED) is 0.326. The van der Waals surface area contributed by atoms with Gasteiger partial charge in [-0.3, -0.25) is 0 Å². The largest absolute Gasteiger partial charge is 0.207 e. The van der Waals surface area contributed by atoms with E-state index in [2.05, 4.69) is 55.5 Å². The third kappa shape index (κ3) is 4.04. The normalized spacial score (nSPS) is 11.1. The minimum absolute atomic E-state index is 0.208. The molecule has 4 aromatic rings. The second-order valence-corrected chi connectivity index (χ2v) is 7.88. The van der Waals surface area contributed by atoms with E-state index in [0.29, 0.717) is 0 Å². The maximum absolute atomic E-state index is 13.4. The zero-order valence-corrected chi connectivity index (χ0v) is 17.4. The summed E-state index contributed by atoms with van der Waals surface area (Å²) in [5.74, 6) is -0.168. The van der Waals surface area contributed by atoms with E-state index in [-0.39, 0.29) is 17.6 Å². The molecule has 0 saturated heterocycles. The van der Waals surface area contributed by atoms with E-state index in [9.17, 15) is 8.78 Å². The molecular weight excluding hydrogens is 374 g/mol. The van der Waals surface area contributed by atoms with E-state index >= 15 is 0 Å². The predicted octanol–water partition coefficient (Wildman–Crippen LogP) is 8.07. The molecular formula is C28H24F2. The molecule has 0 bridgehead atoms. The van der Waals surface area contributed by atoms with E-state index in [4.69, 9.17) is 0 Å². The minimum Gasteiger partial charge on any atom is -0.207 e. The number of aryl methyl sites for hydroxylation is 2. The fraction of sp³-hybridized carbons (Fsp3) is 0.143. The van der Waals surface area contributed by atoms with Gasteiger partial charge >= 0.3 is 0 Å². The average molecular weight is 398 g/mol. The Bertz CT molecular complexity index is 1080. The van der Waals surface area contributed by atoms with Gasteiger partial charge in [-0.25, -0.2) is 8.78 Å². The Morgan fingerprint density at radius 1 is 0.533 bits per heavy atom. The summed E-state index contributed by atoms with van der Waals surface area (Å²) < 4.78 is 26.8. The fourth-order valence-corrected chi connectivity index (χ4v) is 4.00. The molecule has 0 spiro atoms. The molecule has 0 radical (unpaired) electrons. The highest BCUT2D eigenvalue weighted by Gasteiger charge is 2.11. The molecule has 0 nitrogen and oxygen atoms in total. The van der Waals surface area contributed by atoms with Crippen molar-refractivity contribution in [3.8, 4) is 22.3 Å². The van der Waals surface area contributed by atoms with Gasteiger partial charge in [0.1, 0.15) is 11.6 Å². The van der Waals surface area contributed by atoms with Gasteiger partial charge in [0, 0.05) is 5.92 Å². The van der Waals surface area contributed by atoms with Crippen LogP contribution in [0.4, 0.5) is 8.78 Å². The Kier molecular flexibility index (Phi) is 5.50. The van der Waals surface area contributed by atoms with Crippen LogP contribution in [-0.4, -0.2) is 0 Å². The summed E-state index contributed by atoms with van der Waals surface area (Å²) in [5, 5.41) is 0. The Morgan fingerprint density at radius 3 is 1.23 bits per heavy atom. The summed E-state index contributed by atoms with van der Waals surface area (Å²) in [7, 11) is 0. The second-order valence-electron chi connectivity index (χ2n) is 7.88. The van der Waals surface area contributed by atoms with Gasteiger partial charge in [-0.1, -0.05) is 67.6 Å². The number of benzene rings is 4. The monoisotopic (exact) mass is 398 g/mol. The van der Waals surface area contributed by atoms with Crippen molar-refractivity contribution < 1.29 is 8.78 Å². The topological polar surface area (TPSA) is 0 Å². The van der Waals surface area contributed by atoms with E-state index in [1.807, 2.05) is 26.0 Å². The van der Waals surface area contributed by atoms with Crippen molar-refractivity contribution in [2.24, 2.45) is 0 Å². The first kappa shape index (κ1) is 20.0. The minimum atomic E-state index is -0.208. The van der Waals surface area contributed by atoms with Crippen molar-refractivity contribution in [2.75, 3.05) is 0 Å². The molecule has 0 unspecified atom stereocenters. The number of halogens is 2. The summed E-state index contributed by atoms with van der Waals surface area (Å²) in [6, 6.07) is 26.8. The molecule has 0 aliphatic carbocycles. The lowest BCUT2D eigenvalue weighted by molar-refractivity contribution is 0.626. The smallest absolute Gasteiger partial charge is 0.123 e. The molecule has 2 heteroatoms. The van der Waals surface area contributed by atoms with Crippen LogP contribution in [0.2, 0.25) is 0 Å². The van der Waals surface area contributed by atoms with Crippen LogP contribution in [0, 0.1) is 25.5 Å². The van der Waals surface area contributed by atoms with Crippen LogP contribution in [-0.2, 0) is 0 Å². The lowest BCUT2D eigenvalue weighted by Crippen LogP contribution is -1.96. The molecule has 4 aromatic carbocycles. The van der Waals surface area contributed by atoms with Gasteiger partial charge in [0.25, 0.3) is 0 Å². The van der Waals surface area contributed by atoms with Crippen LogP contribution in [0.25, 0.3) is 22.3 Å². The molecule has 150 valence electrons. The molecule has 0 heterocycles. The van der Waals surface area contributed by atoms with Crippen molar-refractivity contribution in [1.82, 2.24) is 0 Å². The second kappa shape index (κ2) is 8.23. The summed E-state index contributed by atoms with van der Waals surface area (Å²) in [6.07, 6.45) is 0. The number of hydrogen-bond donors (Lipinski definition) is 0. The number of rotatable bonds is 4. The molecule has 0 aliphatic rings. The third-order valence-corrected chi connectivity index (χ3v) is 5.82. The molecule has 0 fully saturated rings. The molecule has 0 N–H and O–H groups in total. The first-order valence-electron chi connectivity index (χ1n) is 10.2. The Hall–Kier alpha value is -3.26. The summed E-state index contributed by atoms with van der Waals surface area (Å²) in [5.41, 5.74) is 8.60. The molecule has 4 rings (SSSR count). The zero-order valence-electron chi connectivity index (χ0n) is 17.4. The predicted molar refractivity (Wildman–Crippen MR) is 121 cm³/mol. The van der Waals surface area contributed by atoms with E-state index in [1.165, 1.54) is 23.3 Å². The molecule has 0 amide bonds. The van der Waals surface area contributed by atoms with Crippen LogP contribution in [0.3, 0.4) is 0 Å². The van der Waals surface area contributed by atoms with Gasteiger partial charge in [-0.05, 0) is 82.6 Å². The van der Waals surface area contributed by atoms with Crippen molar-refractivity contribution in [1.29, 1.82) is 0 Å². The molecule has 0 aliphatic heterocycles. The van der Waals surface area contributed by atoms with Crippen LogP contribution in [0.15, 0.2) is 84.9 Å². The highest BCUT2D eigenvalue weighted by atomic mass is 19.1. The summed E-state index contributed by atoms with van der Waals surface area (Å²) in [4.78, 5) is 0. The van der Waals surface area contributed by atoms with Gasteiger partial charge in [0.2, 0.25) is 0 Å². The highest BCUT2D eigenvalue weighted by Crippen LogP contribution is 2.31. The maximum atomic E-state index is 13.4. The van der Waals surface area contributed by atoms with Crippen LogP contribution in [0.1, 0.15) is 35.1 Å². The standard InChI is InChI=1S/C28H24F2/c1-18-16-25(29)12-14-27(18)23-8-4-21(5-9-23)20(3)22-6-10-24(11-7-22)28-15-13-26(30)17-19(28)2/h4-17,20H,1-3H3. The van der Waals surface area contributed by atoms with Crippen molar-refractivity contribution in [2.45, 2.75) is 26.7 Å². The number of hydrogen-bond acceptors (Lipinski definition) is 0. The first-order chi connectivity index (χ1) is 14.4. The van der Waals surface area contributed by atoms with Gasteiger partial charge in [-0.2, -0.15) is 0 Å². The molecule has 30 heavy (non-hydrogen) atoms. The Morgan fingerprint density at radius 2 is 0.900 bits per heavy atom. The van der Waals surface area contributed by atoms with E-state index < -0.39 is 0 Å². The Labute approximate surface area is 176 Å². The van der Waals surface area contributed by atoms with Crippen molar-refractivity contribution in [3.63, 3.8) is 0 Å². The molecule has 0 saturated carbocycles. The SMILES string of the molecule is Cc1cc(F)ccc1-c1ccc(C(C)c2ccc(-c3ccc(F)cc3C)cc2)cc1. The highest BCUT2D eigenvalue weighted by molar-refractivity contribution is 5.68. The first-order valence-corrected chi connectivity index (χ1v) is 10.2. The van der Waals surface area contributed by atoms with Gasteiger partial charge in [-0.15, -0.1) is 0 Å². The summed E-state index contributed by atoms with van der Waals surface area (Å²) >= 11 is 0.